The molecule has 0 aromatic heterocycles. The Morgan fingerprint density at radius 2 is 2.12 bits per heavy atom. The molecule has 2 rings (SSSR count). The summed E-state index contributed by atoms with van der Waals surface area (Å²) in [6, 6.07) is -0.290. The lowest BCUT2D eigenvalue weighted by Gasteiger charge is -2.34. The predicted molar refractivity (Wildman–Crippen MR) is 93.4 cm³/mol. The summed E-state index contributed by atoms with van der Waals surface area (Å²) in [5.41, 5.74) is 0.0466. The van der Waals surface area contributed by atoms with Gasteiger partial charge in [-0.15, -0.1) is 0 Å². The monoisotopic (exact) mass is 339 g/mol. The van der Waals surface area contributed by atoms with Crippen LogP contribution in [0.3, 0.4) is 0 Å². The minimum Gasteiger partial charge on any atom is -0.358 e. The first-order chi connectivity index (χ1) is 11.4. The van der Waals surface area contributed by atoms with Crippen LogP contribution in [0, 0.1) is 5.41 Å². The number of fused-ring (bicyclic) bond motifs is 1. The van der Waals surface area contributed by atoms with Gasteiger partial charge in [0.15, 0.2) is 0 Å². The number of rotatable bonds is 7. The molecule has 2 aliphatic rings. The largest absolute Gasteiger partial charge is 0.358 e. The molecule has 2 heterocycles. The Balaban J connectivity index is 2.12. The number of nitrogens with one attached hydrogen (secondary N) is 2. The summed E-state index contributed by atoms with van der Waals surface area (Å²) in [6.07, 6.45) is 5.74. The van der Waals surface area contributed by atoms with Gasteiger partial charge in [-0.2, -0.15) is 0 Å². The lowest BCUT2D eigenvalue weighted by Crippen LogP contribution is -2.53. The number of hydrogen-bond acceptors (Lipinski definition) is 4. The summed E-state index contributed by atoms with van der Waals surface area (Å²) in [4.78, 5) is 26.9. The van der Waals surface area contributed by atoms with Crippen LogP contribution in [-0.4, -0.2) is 55.2 Å². The molecule has 2 N–H and O–H groups in total. The summed E-state index contributed by atoms with van der Waals surface area (Å²) in [5.74, 6) is -0.121. The zero-order chi connectivity index (χ0) is 17.7. The van der Waals surface area contributed by atoms with Crippen molar-refractivity contribution in [3.63, 3.8) is 0 Å². The topological polar surface area (TPSA) is 70.7 Å². The predicted octanol–water partition coefficient (Wildman–Crippen LogP) is 1.64. The lowest BCUT2D eigenvalue weighted by molar-refractivity contribution is -0.144. The zero-order valence-corrected chi connectivity index (χ0v) is 15.6. The molecule has 24 heavy (non-hydrogen) atoms. The molecule has 0 spiro atoms. The van der Waals surface area contributed by atoms with Crippen LogP contribution in [0.1, 0.15) is 59.3 Å². The maximum Gasteiger partial charge on any atom is 0.247 e. The molecule has 2 amide bonds. The third kappa shape index (κ3) is 4.28. The number of ether oxygens (including phenoxy) is 1. The van der Waals surface area contributed by atoms with E-state index in [4.69, 9.17) is 4.74 Å². The SMILES string of the molecule is CCCCCC1N2C(=O)[C@@H](NC(=O)CNC)CCOC2CC1(C)C. The molecule has 2 unspecified atom stereocenters. The molecule has 0 aromatic rings. The molecule has 0 aromatic carbocycles. The number of likely N-dealkylation sites (N-methyl/N-ethyl adjacent to an activating group) is 1. The van der Waals surface area contributed by atoms with E-state index in [0.29, 0.717) is 13.0 Å². The molecule has 0 radical (unpaired) electrons. The average Bonchev–Trinajstić information content (AvgIpc) is 2.67. The van der Waals surface area contributed by atoms with Gasteiger partial charge in [0.1, 0.15) is 12.3 Å². The van der Waals surface area contributed by atoms with Gasteiger partial charge in [-0.3, -0.25) is 9.59 Å². The second-order valence-corrected chi connectivity index (χ2v) is 7.71. The third-order valence-electron chi connectivity index (χ3n) is 5.27. The highest BCUT2D eigenvalue weighted by Gasteiger charge is 2.51. The zero-order valence-electron chi connectivity index (χ0n) is 15.6. The van der Waals surface area contributed by atoms with Gasteiger partial charge in [0.05, 0.1) is 13.2 Å². The summed E-state index contributed by atoms with van der Waals surface area (Å²) >= 11 is 0. The molecule has 6 heteroatoms. The maximum absolute atomic E-state index is 13.1. The van der Waals surface area contributed by atoms with Crippen LogP contribution in [0.25, 0.3) is 0 Å². The van der Waals surface area contributed by atoms with Gasteiger partial charge in [0, 0.05) is 12.5 Å². The Morgan fingerprint density at radius 3 is 2.79 bits per heavy atom. The van der Waals surface area contributed by atoms with Crippen molar-refractivity contribution in [2.24, 2.45) is 5.41 Å². The first-order valence-corrected chi connectivity index (χ1v) is 9.28. The number of carbonyl (C=O) groups excluding carboxylic acids is 2. The normalized spacial score (nSPS) is 29.2. The fourth-order valence-corrected chi connectivity index (χ4v) is 3.98. The quantitative estimate of drug-likeness (QED) is 0.692. The highest BCUT2D eigenvalue weighted by Crippen LogP contribution is 2.44. The van der Waals surface area contributed by atoms with E-state index in [1.54, 1.807) is 7.05 Å². The lowest BCUT2D eigenvalue weighted by atomic mass is 9.81. The van der Waals surface area contributed by atoms with E-state index >= 15 is 0 Å². The van der Waals surface area contributed by atoms with Crippen molar-refractivity contribution in [3.05, 3.63) is 0 Å². The number of amides is 2. The fraction of sp³-hybridized carbons (Fsp3) is 0.889. The number of carbonyl (C=O) groups is 2. The highest BCUT2D eigenvalue weighted by molar-refractivity contribution is 5.89. The van der Waals surface area contributed by atoms with E-state index in [0.717, 1.165) is 19.3 Å². The first-order valence-electron chi connectivity index (χ1n) is 9.28. The highest BCUT2D eigenvalue weighted by atomic mass is 16.5. The standard InChI is InChI=1S/C18H33N3O3/c1-5-6-7-8-14-18(2,3)11-16-21(14)17(23)13(9-10-24-16)20-15(22)12-19-4/h13-14,16,19H,5-12H2,1-4H3,(H,20,22)/t13-,14?,16?/m0/s1. The van der Waals surface area contributed by atoms with Crippen molar-refractivity contribution in [1.29, 1.82) is 0 Å². The van der Waals surface area contributed by atoms with E-state index in [1.165, 1.54) is 12.8 Å². The van der Waals surface area contributed by atoms with Crippen molar-refractivity contribution >= 4 is 11.8 Å². The molecule has 2 aliphatic heterocycles. The first kappa shape index (κ1) is 19.2. The smallest absolute Gasteiger partial charge is 0.247 e. The van der Waals surface area contributed by atoms with Gasteiger partial charge in [0.2, 0.25) is 11.8 Å². The van der Waals surface area contributed by atoms with E-state index in [2.05, 4.69) is 31.4 Å². The van der Waals surface area contributed by atoms with Crippen molar-refractivity contribution in [2.45, 2.75) is 77.6 Å². The van der Waals surface area contributed by atoms with Crippen LogP contribution >= 0.6 is 0 Å². The van der Waals surface area contributed by atoms with Gasteiger partial charge in [-0.25, -0.2) is 0 Å². The molecule has 0 aliphatic carbocycles. The fourth-order valence-electron chi connectivity index (χ4n) is 3.98. The summed E-state index contributed by atoms with van der Waals surface area (Å²) in [5, 5.41) is 5.69. The van der Waals surface area contributed by atoms with E-state index in [1.807, 2.05) is 4.90 Å². The second kappa shape index (κ2) is 8.30. The summed E-state index contributed by atoms with van der Waals surface area (Å²) < 4.78 is 5.98. The van der Waals surface area contributed by atoms with Crippen molar-refractivity contribution in [3.8, 4) is 0 Å². The van der Waals surface area contributed by atoms with Crippen molar-refractivity contribution in [1.82, 2.24) is 15.5 Å². The van der Waals surface area contributed by atoms with E-state index < -0.39 is 6.04 Å². The van der Waals surface area contributed by atoms with Crippen LogP contribution < -0.4 is 10.6 Å². The van der Waals surface area contributed by atoms with Crippen molar-refractivity contribution < 1.29 is 14.3 Å². The van der Waals surface area contributed by atoms with Gasteiger partial charge in [-0.05, 0) is 25.3 Å². The molecule has 0 saturated carbocycles. The Bertz CT molecular complexity index is 453. The van der Waals surface area contributed by atoms with Crippen LogP contribution in [0.5, 0.6) is 0 Å². The van der Waals surface area contributed by atoms with Gasteiger partial charge >= 0.3 is 0 Å². The van der Waals surface area contributed by atoms with Gasteiger partial charge < -0.3 is 20.3 Å². The number of unbranched alkanes of at least 4 members (excludes halogenated alkanes) is 2. The molecule has 6 nitrogen and oxygen atoms in total. The number of nitrogens with zero attached hydrogens (tertiary/aromatic N) is 1. The maximum atomic E-state index is 13.1. The average molecular weight is 339 g/mol. The molecular weight excluding hydrogens is 306 g/mol. The Kier molecular flexibility index (Phi) is 6.63. The minimum atomic E-state index is -0.474. The second-order valence-electron chi connectivity index (χ2n) is 7.71. The van der Waals surface area contributed by atoms with Crippen LogP contribution in [0.15, 0.2) is 0 Å². The summed E-state index contributed by atoms with van der Waals surface area (Å²) in [6.45, 7) is 7.37. The molecule has 2 saturated heterocycles. The minimum absolute atomic E-state index is 0.0222. The van der Waals surface area contributed by atoms with Crippen molar-refractivity contribution in [2.75, 3.05) is 20.2 Å². The Hall–Kier alpha value is -1.14. The molecule has 0 bridgehead atoms. The summed E-state index contributed by atoms with van der Waals surface area (Å²) in [7, 11) is 1.72. The van der Waals surface area contributed by atoms with Crippen LogP contribution in [0.2, 0.25) is 0 Å². The molecule has 138 valence electrons. The van der Waals surface area contributed by atoms with E-state index in [-0.39, 0.29) is 36.0 Å². The molecule has 2 fully saturated rings. The Morgan fingerprint density at radius 1 is 1.38 bits per heavy atom. The van der Waals surface area contributed by atoms with Gasteiger partial charge in [-0.1, -0.05) is 40.0 Å². The Labute approximate surface area is 145 Å². The van der Waals surface area contributed by atoms with Crippen LogP contribution in [0.4, 0.5) is 0 Å². The number of hydrogen-bond donors (Lipinski definition) is 2. The van der Waals surface area contributed by atoms with E-state index in [9.17, 15) is 9.59 Å². The van der Waals surface area contributed by atoms with Crippen LogP contribution in [-0.2, 0) is 14.3 Å². The molecule has 3 atom stereocenters. The third-order valence-corrected chi connectivity index (χ3v) is 5.27. The van der Waals surface area contributed by atoms with Gasteiger partial charge in [0.25, 0.3) is 0 Å². The molecular formula is C18H33N3O3.